The Bertz CT molecular complexity index is 609. The Labute approximate surface area is 182 Å². The smallest absolute Gasteiger partial charge is 0.223 e. The first kappa shape index (κ1) is 23.3. The Balaban J connectivity index is 0.00000338. The molecule has 0 spiro atoms. The number of carbonyl (C=O) groups is 1. The van der Waals surface area contributed by atoms with Crippen LogP contribution in [-0.4, -0.2) is 38.0 Å². The van der Waals surface area contributed by atoms with Crippen molar-refractivity contribution in [2.75, 3.05) is 26.2 Å². The van der Waals surface area contributed by atoms with Crippen LogP contribution in [0.3, 0.4) is 0 Å². The minimum absolute atomic E-state index is 0. The molecule has 0 radical (unpaired) electrons. The zero-order valence-electron chi connectivity index (χ0n) is 15.0. The van der Waals surface area contributed by atoms with E-state index in [1.807, 2.05) is 19.1 Å². The van der Waals surface area contributed by atoms with E-state index in [1.54, 1.807) is 6.07 Å². The maximum absolute atomic E-state index is 11.6. The summed E-state index contributed by atoms with van der Waals surface area (Å²) in [6, 6.07) is 5.58. The molecule has 0 saturated heterocycles. The number of nitrogens with zero attached hydrogens (tertiary/aromatic N) is 1. The molecule has 1 amide bonds. The van der Waals surface area contributed by atoms with Crippen LogP contribution in [0.1, 0.15) is 31.7 Å². The van der Waals surface area contributed by atoms with Gasteiger partial charge in [0.2, 0.25) is 5.91 Å². The molecule has 1 aromatic carbocycles. The van der Waals surface area contributed by atoms with Gasteiger partial charge in [-0.15, -0.1) is 24.0 Å². The highest BCUT2D eigenvalue weighted by Gasteiger charge is 2.28. The standard InChI is InChI=1S/C18H26Cl2N4O.HI/c1-2-21-18(24-11-10-22-17(25)14-5-6-14)23-9-3-4-13-7-8-15(19)12-16(13)20;/h7-8,12,14H,2-6,9-11H2,1H3,(H,22,25)(H2,21,23,24);1H. The molecule has 8 heteroatoms. The Morgan fingerprint density at radius 3 is 2.58 bits per heavy atom. The molecule has 0 bridgehead atoms. The Morgan fingerprint density at radius 2 is 1.92 bits per heavy atom. The molecule has 1 fully saturated rings. The number of hydrogen-bond donors (Lipinski definition) is 3. The quantitative estimate of drug-likeness (QED) is 0.205. The van der Waals surface area contributed by atoms with Gasteiger partial charge in [-0.2, -0.15) is 0 Å². The van der Waals surface area contributed by atoms with Crippen molar-refractivity contribution in [2.24, 2.45) is 10.9 Å². The number of aliphatic imine (C=N–C) groups is 1. The minimum atomic E-state index is 0. The maximum Gasteiger partial charge on any atom is 0.223 e. The van der Waals surface area contributed by atoms with Crippen LogP contribution in [0.2, 0.25) is 10.0 Å². The van der Waals surface area contributed by atoms with Crippen molar-refractivity contribution in [1.82, 2.24) is 16.0 Å². The van der Waals surface area contributed by atoms with Crippen molar-refractivity contribution in [3.05, 3.63) is 33.8 Å². The summed E-state index contributed by atoms with van der Waals surface area (Å²) in [6.07, 6.45) is 3.81. The average Bonchev–Trinajstić information content (AvgIpc) is 3.41. The average molecular weight is 513 g/mol. The lowest BCUT2D eigenvalue weighted by molar-refractivity contribution is -0.122. The second kappa shape index (κ2) is 12.6. The summed E-state index contributed by atoms with van der Waals surface area (Å²) in [5.41, 5.74) is 1.09. The topological polar surface area (TPSA) is 65.5 Å². The van der Waals surface area contributed by atoms with Gasteiger partial charge in [-0.25, -0.2) is 0 Å². The molecular weight excluding hydrogens is 486 g/mol. The van der Waals surface area contributed by atoms with Crippen LogP contribution in [-0.2, 0) is 11.2 Å². The molecule has 26 heavy (non-hydrogen) atoms. The second-order valence-electron chi connectivity index (χ2n) is 6.09. The summed E-state index contributed by atoms with van der Waals surface area (Å²) in [6.45, 7) is 4.79. The Morgan fingerprint density at radius 1 is 1.19 bits per heavy atom. The molecule has 3 N–H and O–H groups in total. The fourth-order valence-electron chi connectivity index (χ4n) is 2.38. The summed E-state index contributed by atoms with van der Waals surface area (Å²) >= 11 is 12.1. The number of carbonyl (C=O) groups excluding carboxylic acids is 1. The van der Waals surface area contributed by atoms with Crippen LogP contribution in [0.4, 0.5) is 0 Å². The van der Waals surface area contributed by atoms with Gasteiger partial charge in [-0.1, -0.05) is 29.3 Å². The zero-order chi connectivity index (χ0) is 18.1. The van der Waals surface area contributed by atoms with Gasteiger partial charge in [-0.3, -0.25) is 9.79 Å². The monoisotopic (exact) mass is 512 g/mol. The molecule has 1 aromatic rings. The molecule has 146 valence electrons. The molecule has 5 nitrogen and oxygen atoms in total. The molecule has 1 aliphatic carbocycles. The number of aryl methyl sites for hydroxylation is 1. The van der Waals surface area contributed by atoms with Gasteiger partial charge < -0.3 is 16.0 Å². The first-order valence-electron chi connectivity index (χ1n) is 8.84. The van der Waals surface area contributed by atoms with E-state index < -0.39 is 0 Å². The van der Waals surface area contributed by atoms with Crippen LogP contribution in [0.25, 0.3) is 0 Å². The molecule has 1 saturated carbocycles. The number of nitrogens with one attached hydrogen (secondary N) is 3. The van der Waals surface area contributed by atoms with Crippen molar-refractivity contribution in [3.8, 4) is 0 Å². The van der Waals surface area contributed by atoms with Gasteiger partial charge in [0.15, 0.2) is 5.96 Å². The van der Waals surface area contributed by atoms with Gasteiger partial charge >= 0.3 is 0 Å². The lowest BCUT2D eigenvalue weighted by Gasteiger charge is -2.12. The lowest BCUT2D eigenvalue weighted by Crippen LogP contribution is -2.41. The van der Waals surface area contributed by atoms with E-state index >= 15 is 0 Å². The van der Waals surface area contributed by atoms with E-state index in [4.69, 9.17) is 23.2 Å². The third-order valence-corrected chi connectivity index (χ3v) is 4.49. The lowest BCUT2D eigenvalue weighted by atomic mass is 10.1. The summed E-state index contributed by atoms with van der Waals surface area (Å²) in [4.78, 5) is 16.1. The van der Waals surface area contributed by atoms with E-state index in [0.29, 0.717) is 29.7 Å². The highest BCUT2D eigenvalue weighted by Crippen LogP contribution is 2.28. The number of halogens is 3. The van der Waals surface area contributed by atoms with E-state index in [2.05, 4.69) is 20.9 Å². The number of benzene rings is 1. The van der Waals surface area contributed by atoms with Crippen LogP contribution in [0, 0.1) is 5.92 Å². The van der Waals surface area contributed by atoms with Gasteiger partial charge in [0, 0.05) is 42.1 Å². The van der Waals surface area contributed by atoms with Crippen LogP contribution in [0.5, 0.6) is 0 Å². The maximum atomic E-state index is 11.6. The summed E-state index contributed by atoms with van der Waals surface area (Å²) < 4.78 is 0. The van der Waals surface area contributed by atoms with Crippen LogP contribution < -0.4 is 16.0 Å². The number of amides is 1. The van der Waals surface area contributed by atoms with Crippen LogP contribution in [0.15, 0.2) is 23.2 Å². The second-order valence-corrected chi connectivity index (χ2v) is 6.94. The van der Waals surface area contributed by atoms with Crippen molar-refractivity contribution < 1.29 is 4.79 Å². The van der Waals surface area contributed by atoms with E-state index in [1.165, 1.54) is 0 Å². The third-order valence-electron chi connectivity index (χ3n) is 3.90. The predicted molar refractivity (Wildman–Crippen MR) is 120 cm³/mol. The Hall–Kier alpha value is -0.730. The van der Waals surface area contributed by atoms with Gasteiger partial charge in [-0.05, 0) is 50.3 Å². The first-order valence-corrected chi connectivity index (χ1v) is 9.59. The summed E-state index contributed by atoms with van der Waals surface area (Å²) in [7, 11) is 0. The zero-order valence-corrected chi connectivity index (χ0v) is 18.8. The summed E-state index contributed by atoms with van der Waals surface area (Å²) in [5.74, 6) is 1.19. The number of hydrogen-bond acceptors (Lipinski definition) is 2. The molecule has 0 unspecified atom stereocenters. The van der Waals surface area contributed by atoms with Gasteiger partial charge in [0.05, 0.1) is 0 Å². The number of guanidine groups is 1. The predicted octanol–water partition coefficient (Wildman–Crippen LogP) is 3.63. The van der Waals surface area contributed by atoms with Crippen molar-refractivity contribution in [3.63, 3.8) is 0 Å². The van der Waals surface area contributed by atoms with Crippen LogP contribution >= 0.6 is 47.2 Å². The molecule has 1 aliphatic rings. The molecule has 0 aromatic heterocycles. The first-order chi connectivity index (χ1) is 12.1. The SMILES string of the molecule is CCNC(=NCCCc1ccc(Cl)cc1Cl)NCCNC(=O)C1CC1.I. The van der Waals surface area contributed by atoms with Crippen molar-refractivity contribution in [1.29, 1.82) is 0 Å². The Kier molecular flexibility index (Phi) is 11.3. The highest BCUT2D eigenvalue weighted by molar-refractivity contribution is 14.0. The van der Waals surface area contributed by atoms with Gasteiger partial charge in [0.25, 0.3) is 0 Å². The minimum Gasteiger partial charge on any atom is -0.357 e. The third kappa shape index (κ3) is 8.77. The largest absolute Gasteiger partial charge is 0.357 e. The fourth-order valence-corrected chi connectivity index (χ4v) is 2.89. The number of rotatable bonds is 9. The van der Waals surface area contributed by atoms with Gasteiger partial charge in [0.1, 0.15) is 0 Å². The normalized spacial score (nSPS) is 13.7. The molecule has 0 aliphatic heterocycles. The van der Waals surface area contributed by atoms with E-state index in [-0.39, 0.29) is 35.8 Å². The van der Waals surface area contributed by atoms with E-state index in [9.17, 15) is 4.79 Å². The molecular formula is C18H27Cl2IN4O. The summed E-state index contributed by atoms with van der Waals surface area (Å²) in [5, 5.41) is 10.7. The molecule has 0 atom stereocenters. The highest BCUT2D eigenvalue weighted by atomic mass is 127. The molecule has 2 rings (SSSR count). The van der Waals surface area contributed by atoms with Crippen molar-refractivity contribution in [2.45, 2.75) is 32.6 Å². The molecule has 0 heterocycles. The van der Waals surface area contributed by atoms with E-state index in [0.717, 1.165) is 43.8 Å². The van der Waals surface area contributed by atoms with Crippen molar-refractivity contribution >= 4 is 59.0 Å². The fraction of sp³-hybridized carbons (Fsp3) is 0.556.